The van der Waals surface area contributed by atoms with Crippen LogP contribution in [0.2, 0.25) is 0 Å². The Morgan fingerprint density at radius 3 is 2.71 bits per heavy atom. The average Bonchev–Trinajstić information content (AvgIpc) is 2.55. The van der Waals surface area contributed by atoms with E-state index in [1.165, 1.54) is 5.56 Å². The van der Waals surface area contributed by atoms with Gasteiger partial charge < -0.3 is 15.2 Å². The maximum atomic E-state index is 10.6. The Labute approximate surface area is 103 Å². The summed E-state index contributed by atoms with van der Waals surface area (Å²) < 4.78 is 5.13. The molecule has 0 spiro atoms. The predicted octanol–water partition coefficient (Wildman–Crippen LogP) is 1.74. The van der Waals surface area contributed by atoms with Gasteiger partial charge in [0.1, 0.15) is 5.75 Å². The van der Waals surface area contributed by atoms with Crippen LogP contribution < -0.4 is 10.1 Å². The first-order chi connectivity index (χ1) is 8.22. The molecular weight excluding hydrogens is 214 g/mol. The maximum Gasteiger partial charge on any atom is 0.118 e. The molecule has 1 aromatic rings. The number of benzene rings is 1. The molecule has 0 aliphatic carbocycles. The third-order valence-corrected chi connectivity index (χ3v) is 3.46. The highest BCUT2D eigenvalue weighted by Crippen LogP contribution is 2.25. The molecule has 3 nitrogen and oxygen atoms in total. The van der Waals surface area contributed by atoms with Crippen LogP contribution in [-0.2, 0) is 6.42 Å². The lowest BCUT2D eigenvalue weighted by Crippen LogP contribution is -2.32. The molecule has 2 rings (SSSR count). The summed E-state index contributed by atoms with van der Waals surface area (Å²) in [5.74, 6) is 0.864. The van der Waals surface area contributed by atoms with E-state index < -0.39 is 5.60 Å². The van der Waals surface area contributed by atoms with E-state index in [1.807, 2.05) is 24.3 Å². The van der Waals surface area contributed by atoms with Crippen molar-refractivity contribution in [3.05, 3.63) is 29.8 Å². The largest absolute Gasteiger partial charge is 0.497 e. The van der Waals surface area contributed by atoms with E-state index in [-0.39, 0.29) is 0 Å². The van der Waals surface area contributed by atoms with Crippen LogP contribution in [0.1, 0.15) is 24.8 Å². The monoisotopic (exact) mass is 235 g/mol. The van der Waals surface area contributed by atoms with Gasteiger partial charge in [-0.15, -0.1) is 0 Å². The van der Waals surface area contributed by atoms with Crippen molar-refractivity contribution in [1.29, 1.82) is 0 Å². The summed E-state index contributed by atoms with van der Waals surface area (Å²) in [5.41, 5.74) is 0.633. The van der Waals surface area contributed by atoms with Crippen molar-refractivity contribution in [3.63, 3.8) is 0 Å². The van der Waals surface area contributed by atoms with E-state index in [0.717, 1.165) is 44.5 Å². The van der Waals surface area contributed by atoms with Crippen molar-refractivity contribution in [3.8, 4) is 5.75 Å². The third kappa shape index (κ3) is 3.45. The number of aliphatic hydroxyl groups is 1. The first-order valence-corrected chi connectivity index (χ1v) is 6.28. The SMILES string of the molecule is COc1ccc(CC2(O)CCCNCC2)cc1. The van der Waals surface area contributed by atoms with Gasteiger partial charge in [0.15, 0.2) is 0 Å². The van der Waals surface area contributed by atoms with Gasteiger partial charge in [-0.3, -0.25) is 0 Å². The van der Waals surface area contributed by atoms with Crippen molar-refractivity contribution < 1.29 is 9.84 Å². The fourth-order valence-electron chi connectivity index (χ4n) is 2.41. The van der Waals surface area contributed by atoms with Crippen molar-refractivity contribution in [1.82, 2.24) is 5.32 Å². The Hall–Kier alpha value is -1.06. The highest BCUT2D eigenvalue weighted by Gasteiger charge is 2.27. The Bertz CT molecular complexity index is 340. The van der Waals surface area contributed by atoms with Crippen LogP contribution >= 0.6 is 0 Å². The Kier molecular flexibility index (Phi) is 4.02. The van der Waals surface area contributed by atoms with Crippen molar-refractivity contribution in [2.45, 2.75) is 31.3 Å². The van der Waals surface area contributed by atoms with Crippen LogP contribution in [0.3, 0.4) is 0 Å². The predicted molar refractivity (Wildman–Crippen MR) is 68.4 cm³/mol. The normalized spacial score (nSPS) is 25.3. The molecule has 2 N–H and O–H groups in total. The van der Waals surface area contributed by atoms with Gasteiger partial charge in [0.25, 0.3) is 0 Å². The molecule has 17 heavy (non-hydrogen) atoms. The van der Waals surface area contributed by atoms with Crippen LogP contribution in [0.4, 0.5) is 0 Å². The lowest BCUT2D eigenvalue weighted by atomic mass is 9.88. The molecule has 3 heteroatoms. The number of rotatable bonds is 3. The van der Waals surface area contributed by atoms with Gasteiger partial charge in [0, 0.05) is 6.42 Å². The van der Waals surface area contributed by atoms with E-state index in [1.54, 1.807) is 7.11 Å². The topological polar surface area (TPSA) is 41.5 Å². The summed E-state index contributed by atoms with van der Waals surface area (Å²) in [6, 6.07) is 7.98. The smallest absolute Gasteiger partial charge is 0.118 e. The number of nitrogens with one attached hydrogen (secondary N) is 1. The molecule has 1 unspecified atom stereocenters. The van der Waals surface area contributed by atoms with Crippen LogP contribution in [0.25, 0.3) is 0 Å². The Morgan fingerprint density at radius 2 is 2.00 bits per heavy atom. The van der Waals surface area contributed by atoms with E-state index in [9.17, 15) is 5.11 Å². The van der Waals surface area contributed by atoms with Crippen LogP contribution in [0, 0.1) is 0 Å². The molecule has 1 aliphatic heterocycles. The molecule has 1 saturated heterocycles. The fourth-order valence-corrected chi connectivity index (χ4v) is 2.41. The molecule has 0 radical (unpaired) electrons. The van der Waals surface area contributed by atoms with Gasteiger partial charge in [0.2, 0.25) is 0 Å². The quantitative estimate of drug-likeness (QED) is 0.838. The lowest BCUT2D eigenvalue weighted by Gasteiger charge is -2.26. The molecule has 1 heterocycles. The molecule has 0 bridgehead atoms. The lowest BCUT2D eigenvalue weighted by molar-refractivity contribution is 0.0284. The minimum absolute atomic E-state index is 0.544. The minimum atomic E-state index is -0.544. The Morgan fingerprint density at radius 1 is 1.24 bits per heavy atom. The summed E-state index contributed by atoms with van der Waals surface area (Å²) in [5, 5.41) is 13.9. The van der Waals surface area contributed by atoms with Gasteiger partial charge in [-0.1, -0.05) is 12.1 Å². The molecule has 0 saturated carbocycles. The number of hydrogen-bond acceptors (Lipinski definition) is 3. The Balaban J connectivity index is 2.02. The standard InChI is InChI=1S/C14H21NO2/c1-17-13-5-3-12(4-6-13)11-14(16)7-2-9-15-10-8-14/h3-6,15-16H,2,7-11H2,1H3. The van der Waals surface area contributed by atoms with E-state index in [0.29, 0.717) is 0 Å². The minimum Gasteiger partial charge on any atom is -0.497 e. The summed E-state index contributed by atoms with van der Waals surface area (Å²) in [7, 11) is 1.67. The first kappa shape index (κ1) is 12.4. The maximum absolute atomic E-state index is 10.6. The summed E-state index contributed by atoms with van der Waals surface area (Å²) in [6.45, 7) is 1.93. The highest BCUT2D eigenvalue weighted by atomic mass is 16.5. The van der Waals surface area contributed by atoms with Gasteiger partial charge in [-0.05, 0) is 50.0 Å². The highest BCUT2D eigenvalue weighted by molar-refractivity contribution is 5.28. The zero-order chi connectivity index (χ0) is 12.1. The summed E-state index contributed by atoms with van der Waals surface area (Å²) >= 11 is 0. The zero-order valence-electron chi connectivity index (χ0n) is 10.4. The second-order valence-corrected chi connectivity index (χ2v) is 4.85. The van der Waals surface area contributed by atoms with Gasteiger partial charge in [0.05, 0.1) is 12.7 Å². The fraction of sp³-hybridized carbons (Fsp3) is 0.571. The van der Waals surface area contributed by atoms with Crippen molar-refractivity contribution >= 4 is 0 Å². The van der Waals surface area contributed by atoms with E-state index in [4.69, 9.17) is 4.74 Å². The molecule has 1 aromatic carbocycles. The van der Waals surface area contributed by atoms with E-state index >= 15 is 0 Å². The van der Waals surface area contributed by atoms with Gasteiger partial charge in [-0.25, -0.2) is 0 Å². The zero-order valence-corrected chi connectivity index (χ0v) is 10.4. The molecule has 0 amide bonds. The second kappa shape index (κ2) is 5.52. The molecule has 1 aliphatic rings. The summed E-state index contributed by atoms with van der Waals surface area (Å²) in [6.07, 6.45) is 3.50. The number of ether oxygens (including phenoxy) is 1. The van der Waals surface area contributed by atoms with Gasteiger partial charge in [-0.2, -0.15) is 0 Å². The van der Waals surface area contributed by atoms with Crippen LogP contribution in [0.5, 0.6) is 5.75 Å². The van der Waals surface area contributed by atoms with Crippen LogP contribution in [0.15, 0.2) is 24.3 Å². The van der Waals surface area contributed by atoms with Gasteiger partial charge >= 0.3 is 0 Å². The average molecular weight is 235 g/mol. The molecular formula is C14H21NO2. The van der Waals surface area contributed by atoms with Crippen molar-refractivity contribution in [2.75, 3.05) is 20.2 Å². The second-order valence-electron chi connectivity index (χ2n) is 4.85. The third-order valence-electron chi connectivity index (χ3n) is 3.46. The summed E-state index contributed by atoms with van der Waals surface area (Å²) in [4.78, 5) is 0. The molecule has 0 aromatic heterocycles. The van der Waals surface area contributed by atoms with Crippen LogP contribution in [-0.4, -0.2) is 30.9 Å². The number of hydrogen-bond donors (Lipinski definition) is 2. The van der Waals surface area contributed by atoms with Crippen molar-refractivity contribution in [2.24, 2.45) is 0 Å². The molecule has 94 valence electrons. The van der Waals surface area contributed by atoms with E-state index in [2.05, 4.69) is 5.32 Å². The first-order valence-electron chi connectivity index (χ1n) is 6.28. The molecule has 1 atom stereocenters. The number of methoxy groups -OCH3 is 1. The molecule has 1 fully saturated rings.